The van der Waals surface area contributed by atoms with Crippen molar-refractivity contribution in [3.05, 3.63) is 24.3 Å². The monoisotopic (exact) mass is 404 g/mol. The standard InChI is InChI=1S/C20H28N4O5/c1-28-14-15-29-17-6-4-16(5-7-17)21-20(27)24-12-10-23(11-13-24)19(26)18(25)22-8-2-3-9-22/h4-7H,2-3,8-15H2,1H3,(H,21,27). The highest BCUT2D eigenvalue weighted by Gasteiger charge is 2.31. The number of benzene rings is 1. The van der Waals surface area contributed by atoms with Gasteiger partial charge in [0.1, 0.15) is 12.4 Å². The number of nitrogens with zero attached hydrogens (tertiary/aromatic N) is 3. The molecule has 4 amide bonds. The van der Waals surface area contributed by atoms with Gasteiger partial charge in [-0.3, -0.25) is 9.59 Å². The van der Waals surface area contributed by atoms with Gasteiger partial charge in [0.2, 0.25) is 0 Å². The summed E-state index contributed by atoms with van der Waals surface area (Å²) in [5, 5.41) is 2.85. The minimum Gasteiger partial charge on any atom is -0.491 e. The van der Waals surface area contributed by atoms with Crippen molar-refractivity contribution >= 4 is 23.5 Å². The quantitative estimate of drug-likeness (QED) is 0.584. The Labute approximate surface area is 170 Å². The molecule has 2 heterocycles. The maximum atomic E-state index is 12.5. The molecule has 9 nitrogen and oxygen atoms in total. The van der Waals surface area contributed by atoms with Crippen LogP contribution in [0.4, 0.5) is 10.5 Å². The van der Waals surface area contributed by atoms with E-state index in [1.54, 1.807) is 41.2 Å². The van der Waals surface area contributed by atoms with Crippen molar-refractivity contribution in [1.29, 1.82) is 0 Å². The number of anilines is 1. The third-order valence-corrected chi connectivity index (χ3v) is 5.09. The molecule has 9 heteroatoms. The van der Waals surface area contributed by atoms with E-state index in [4.69, 9.17) is 9.47 Å². The van der Waals surface area contributed by atoms with E-state index in [0.29, 0.717) is 63.9 Å². The van der Waals surface area contributed by atoms with Crippen LogP contribution in [0.5, 0.6) is 5.75 Å². The fourth-order valence-corrected chi connectivity index (χ4v) is 3.38. The fraction of sp³-hybridized carbons (Fsp3) is 0.550. The van der Waals surface area contributed by atoms with E-state index in [1.165, 1.54) is 4.90 Å². The Balaban J connectivity index is 1.43. The smallest absolute Gasteiger partial charge is 0.321 e. The first-order valence-corrected chi connectivity index (χ1v) is 9.94. The third-order valence-electron chi connectivity index (χ3n) is 5.09. The molecule has 2 aliphatic rings. The van der Waals surface area contributed by atoms with E-state index < -0.39 is 11.8 Å². The van der Waals surface area contributed by atoms with Gasteiger partial charge in [0.05, 0.1) is 6.61 Å². The Hall–Kier alpha value is -2.81. The van der Waals surface area contributed by atoms with Crippen molar-refractivity contribution in [2.75, 3.05) is 64.9 Å². The van der Waals surface area contributed by atoms with Crippen LogP contribution in [-0.4, -0.2) is 92.1 Å². The van der Waals surface area contributed by atoms with Gasteiger partial charge in [-0.05, 0) is 37.1 Å². The van der Waals surface area contributed by atoms with Crippen molar-refractivity contribution < 1.29 is 23.9 Å². The van der Waals surface area contributed by atoms with Crippen molar-refractivity contribution in [1.82, 2.24) is 14.7 Å². The van der Waals surface area contributed by atoms with E-state index in [9.17, 15) is 14.4 Å². The number of amides is 4. The van der Waals surface area contributed by atoms with Gasteiger partial charge in [0.25, 0.3) is 0 Å². The highest BCUT2D eigenvalue weighted by molar-refractivity contribution is 6.35. The van der Waals surface area contributed by atoms with Crippen LogP contribution in [0.15, 0.2) is 24.3 Å². The second-order valence-electron chi connectivity index (χ2n) is 7.07. The van der Waals surface area contributed by atoms with Crippen molar-refractivity contribution in [3.8, 4) is 5.75 Å². The van der Waals surface area contributed by atoms with Gasteiger partial charge < -0.3 is 29.5 Å². The first-order valence-electron chi connectivity index (χ1n) is 9.94. The summed E-state index contributed by atoms with van der Waals surface area (Å²) in [5.74, 6) is -0.181. The molecule has 0 aliphatic carbocycles. The van der Waals surface area contributed by atoms with Crippen LogP contribution < -0.4 is 10.1 Å². The van der Waals surface area contributed by atoms with E-state index in [0.717, 1.165) is 12.8 Å². The highest BCUT2D eigenvalue weighted by Crippen LogP contribution is 2.17. The number of hydrogen-bond donors (Lipinski definition) is 1. The lowest BCUT2D eigenvalue weighted by atomic mass is 10.3. The maximum Gasteiger partial charge on any atom is 0.321 e. The molecule has 29 heavy (non-hydrogen) atoms. The van der Waals surface area contributed by atoms with Gasteiger partial charge in [0.15, 0.2) is 0 Å². The molecule has 1 N–H and O–H groups in total. The molecule has 158 valence electrons. The largest absolute Gasteiger partial charge is 0.491 e. The number of nitrogens with one attached hydrogen (secondary N) is 1. The number of rotatable bonds is 5. The molecule has 3 rings (SSSR count). The number of piperazine rings is 1. The topological polar surface area (TPSA) is 91.4 Å². The summed E-state index contributed by atoms with van der Waals surface area (Å²) in [6.07, 6.45) is 1.90. The zero-order chi connectivity index (χ0) is 20.6. The molecular formula is C20H28N4O5. The Bertz CT molecular complexity index is 710. The van der Waals surface area contributed by atoms with Gasteiger partial charge in [-0.15, -0.1) is 0 Å². The number of urea groups is 1. The SMILES string of the molecule is COCCOc1ccc(NC(=O)N2CCN(C(=O)C(=O)N3CCCC3)CC2)cc1. The maximum absolute atomic E-state index is 12.5. The molecule has 2 saturated heterocycles. The molecule has 1 aromatic carbocycles. The molecule has 0 unspecified atom stereocenters. The summed E-state index contributed by atoms with van der Waals surface area (Å²) in [6.45, 7) is 3.79. The van der Waals surface area contributed by atoms with Crippen molar-refractivity contribution in [3.63, 3.8) is 0 Å². The summed E-state index contributed by atoms with van der Waals surface area (Å²) in [7, 11) is 1.61. The lowest BCUT2D eigenvalue weighted by Gasteiger charge is -2.34. The first-order chi connectivity index (χ1) is 14.1. The number of methoxy groups -OCH3 is 1. The average Bonchev–Trinajstić information content (AvgIpc) is 3.29. The Morgan fingerprint density at radius 2 is 1.38 bits per heavy atom. The molecule has 0 atom stereocenters. The Kier molecular flexibility index (Phi) is 7.29. The van der Waals surface area contributed by atoms with E-state index >= 15 is 0 Å². The van der Waals surface area contributed by atoms with E-state index in [1.807, 2.05) is 0 Å². The summed E-state index contributed by atoms with van der Waals surface area (Å²) in [5.41, 5.74) is 0.664. The second-order valence-corrected chi connectivity index (χ2v) is 7.07. The van der Waals surface area contributed by atoms with Gasteiger partial charge in [-0.1, -0.05) is 0 Å². The summed E-state index contributed by atoms with van der Waals surface area (Å²) in [4.78, 5) is 41.9. The van der Waals surface area contributed by atoms with Gasteiger partial charge in [0, 0.05) is 52.1 Å². The van der Waals surface area contributed by atoms with Crippen LogP contribution in [0.1, 0.15) is 12.8 Å². The molecule has 1 aromatic rings. The third kappa shape index (κ3) is 5.60. The molecule has 0 aromatic heterocycles. The summed E-state index contributed by atoms with van der Waals surface area (Å²) < 4.78 is 10.4. The first kappa shape index (κ1) is 20.9. The van der Waals surface area contributed by atoms with Crippen LogP contribution in [0.3, 0.4) is 0 Å². The Morgan fingerprint density at radius 3 is 1.97 bits per heavy atom. The van der Waals surface area contributed by atoms with E-state index in [2.05, 4.69) is 5.32 Å². The predicted molar refractivity (Wildman–Crippen MR) is 107 cm³/mol. The van der Waals surface area contributed by atoms with Gasteiger partial charge >= 0.3 is 17.8 Å². The zero-order valence-electron chi connectivity index (χ0n) is 16.8. The lowest BCUT2D eigenvalue weighted by molar-refractivity contribution is -0.152. The van der Waals surface area contributed by atoms with Crippen LogP contribution in [0.25, 0.3) is 0 Å². The van der Waals surface area contributed by atoms with Crippen LogP contribution in [0, 0.1) is 0 Å². The molecule has 2 aliphatic heterocycles. The van der Waals surface area contributed by atoms with Crippen molar-refractivity contribution in [2.45, 2.75) is 12.8 Å². The zero-order valence-corrected chi connectivity index (χ0v) is 16.8. The van der Waals surface area contributed by atoms with Crippen molar-refractivity contribution in [2.24, 2.45) is 0 Å². The fourth-order valence-electron chi connectivity index (χ4n) is 3.38. The highest BCUT2D eigenvalue weighted by atomic mass is 16.5. The van der Waals surface area contributed by atoms with Crippen LogP contribution in [0.2, 0.25) is 0 Å². The van der Waals surface area contributed by atoms with Crippen LogP contribution in [-0.2, 0) is 14.3 Å². The summed E-state index contributed by atoms with van der Waals surface area (Å²) >= 11 is 0. The minimum atomic E-state index is -0.462. The molecule has 0 bridgehead atoms. The van der Waals surface area contributed by atoms with Crippen LogP contribution >= 0.6 is 0 Å². The predicted octanol–water partition coefficient (Wildman–Crippen LogP) is 1.01. The number of likely N-dealkylation sites (tertiary alicyclic amines) is 1. The number of ether oxygens (including phenoxy) is 2. The number of hydrogen-bond acceptors (Lipinski definition) is 5. The average molecular weight is 404 g/mol. The molecular weight excluding hydrogens is 376 g/mol. The minimum absolute atomic E-state index is 0.226. The normalized spacial score (nSPS) is 16.7. The van der Waals surface area contributed by atoms with Gasteiger partial charge in [-0.2, -0.15) is 0 Å². The molecule has 0 radical (unpaired) electrons. The molecule has 0 saturated carbocycles. The number of carbonyl (C=O) groups is 3. The second kappa shape index (κ2) is 10.1. The number of carbonyl (C=O) groups excluding carboxylic acids is 3. The summed E-state index contributed by atoms with van der Waals surface area (Å²) in [6, 6.07) is 6.89. The molecule has 0 spiro atoms. The molecule has 2 fully saturated rings. The van der Waals surface area contributed by atoms with Gasteiger partial charge in [-0.25, -0.2) is 4.79 Å². The van der Waals surface area contributed by atoms with E-state index in [-0.39, 0.29) is 6.03 Å². The Morgan fingerprint density at radius 1 is 0.828 bits per heavy atom. The lowest BCUT2D eigenvalue weighted by Crippen LogP contribution is -2.54.